The summed E-state index contributed by atoms with van der Waals surface area (Å²) in [5.74, 6) is 5.65. The molecular weight excluding hydrogens is 264 g/mol. The third kappa shape index (κ3) is 4.16. The molecule has 0 bridgehead atoms. The molecule has 106 valence electrons. The molecule has 2 N–H and O–H groups in total. The van der Waals surface area contributed by atoms with E-state index in [1.807, 2.05) is 13.0 Å². The number of nitrogens with one attached hydrogen (secondary N) is 1. The Bertz CT molecular complexity index is 685. The molecule has 2 aromatic rings. The smallest absolute Gasteiger partial charge is 0.255 e. The van der Waals surface area contributed by atoms with Gasteiger partial charge in [-0.15, -0.1) is 0 Å². The van der Waals surface area contributed by atoms with Gasteiger partial charge in [0, 0.05) is 35.6 Å². The van der Waals surface area contributed by atoms with Gasteiger partial charge in [-0.25, -0.2) is 0 Å². The van der Waals surface area contributed by atoms with Gasteiger partial charge in [-0.3, -0.25) is 9.78 Å². The first-order valence-corrected chi connectivity index (χ1v) is 6.62. The van der Waals surface area contributed by atoms with Gasteiger partial charge in [0.05, 0.1) is 6.61 Å². The van der Waals surface area contributed by atoms with Crippen LogP contribution in [0.25, 0.3) is 0 Å². The summed E-state index contributed by atoms with van der Waals surface area (Å²) in [5.41, 5.74) is 3.04. The molecule has 4 nitrogen and oxygen atoms in total. The summed E-state index contributed by atoms with van der Waals surface area (Å²) in [7, 11) is 0. The Morgan fingerprint density at radius 2 is 2.05 bits per heavy atom. The summed E-state index contributed by atoms with van der Waals surface area (Å²) in [6, 6.07) is 8.85. The molecule has 0 aliphatic heterocycles. The number of aromatic nitrogens is 1. The Hall–Kier alpha value is -2.64. The quantitative estimate of drug-likeness (QED) is 0.849. The highest BCUT2D eigenvalue weighted by molar-refractivity contribution is 6.04. The zero-order valence-corrected chi connectivity index (χ0v) is 11.8. The molecule has 1 amide bonds. The number of hydrogen-bond donors (Lipinski definition) is 2. The highest BCUT2D eigenvalue weighted by atomic mass is 16.2. The molecule has 1 aromatic carbocycles. The predicted molar refractivity (Wildman–Crippen MR) is 82.0 cm³/mol. The maximum Gasteiger partial charge on any atom is 0.255 e. The minimum Gasteiger partial charge on any atom is -0.395 e. The number of aliphatic hydroxyl groups is 1. The Labute approximate surface area is 123 Å². The van der Waals surface area contributed by atoms with E-state index in [4.69, 9.17) is 5.11 Å². The summed E-state index contributed by atoms with van der Waals surface area (Å²) in [5, 5.41) is 11.6. The molecule has 1 heterocycles. The van der Waals surface area contributed by atoms with Crippen molar-refractivity contribution in [2.75, 3.05) is 11.9 Å². The van der Waals surface area contributed by atoms with E-state index in [0.29, 0.717) is 17.7 Å². The van der Waals surface area contributed by atoms with Gasteiger partial charge >= 0.3 is 0 Å². The number of hydrogen-bond acceptors (Lipinski definition) is 3. The van der Waals surface area contributed by atoms with Crippen molar-refractivity contribution >= 4 is 11.6 Å². The number of carbonyl (C=O) groups excluding carboxylic acids is 1. The van der Waals surface area contributed by atoms with Crippen LogP contribution in [0.3, 0.4) is 0 Å². The van der Waals surface area contributed by atoms with E-state index in [2.05, 4.69) is 22.1 Å². The SMILES string of the molecule is Cc1ccc(C(=O)Nc2ccncc2)cc1C#CCCO. The zero-order valence-electron chi connectivity index (χ0n) is 11.8. The fourth-order valence-electron chi connectivity index (χ4n) is 1.75. The lowest BCUT2D eigenvalue weighted by Gasteiger charge is -2.06. The van der Waals surface area contributed by atoms with E-state index in [1.54, 1.807) is 36.7 Å². The minimum atomic E-state index is -0.189. The number of carbonyl (C=O) groups is 1. The first-order valence-electron chi connectivity index (χ1n) is 6.62. The second-order valence-corrected chi connectivity index (χ2v) is 4.50. The first kappa shape index (κ1) is 14.8. The van der Waals surface area contributed by atoms with Crippen molar-refractivity contribution in [1.29, 1.82) is 0 Å². The topological polar surface area (TPSA) is 62.2 Å². The van der Waals surface area contributed by atoms with Gasteiger partial charge in [0.25, 0.3) is 5.91 Å². The van der Waals surface area contributed by atoms with Crippen LogP contribution in [0.15, 0.2) is 42.7 Å². The van der Waals surface area contributed by atoms with E-state index in [-0.39, 0.29) is 12.5 Å². The van der Waals surface area contributed by atoms with E-state index < -0.39 is 0 Å². The number of pyridine rings is 1. The Balaban J connectivity index is 2.19. The lowest BCUT2D eigenvalue weighted by molar-refractivity contribution is 0.102. The van der Waals surface area contributed by atoms with Gasteiger partial charge in [0.1, 0.15) is 0 Å². The van der Waals surface area contributed by atoms with Crippen LogP contribution >= 0.6 is 0 Å². The summed E-state index contributed by atoms with van der Waals surface area (Å²) >= 11 is 0. The van der Waals surface area contributed by atoms with Gasteiger partial charge in [-0.05, 0) is 36.8 Å². The number of benzene rings is 1. The number of anilines is 1. The van der Waals surface area contributed by atoms with Crippen LogP contribution in [0, 0.1) is 18.8 Å². The van der Waals surface area contributed by atoms with Crippen LogP contribution in [0.5, 0.6) is 0 Å². The van der Waals surface area contributed by atoms with Crippen molar-refractivity contribution in [3.8, 4) is 11.8 Å². The average molecular weight is 280 g/mol. The third-order valence-corrected chi connectivity index (χ3v) is 2.90. The Morgan fingerprint density at radius 1 is 1.29 bits per heavy atom. The molecule has 0 atom stereocenters. The normalized spacial score (nSPS) is 9.62. The van der Waals surface area contributed by atoms with Crippen molar-refractivity contribution in [1.82, 2.24) is 4.98 Å². The van der Waals surface area contributed by atoms with Crippen molar-refractivity contribution in [3.63, 3.8) is 0 Å². The van der Waals surface area contributed by atoms with Gasteiger partial charge in [0.15, 0.2) is 0 Å². The van der Waals surface area contributed by atoms with E-state index in [1.165, 1.54) is 0 Å². The second-order valence-electron chi connectivity index (χ2n) is 4.50. The Morgan fingerprint density at radius 3 is 2.76 bits per heavy atom. The van der Waals surface area contributed by atoms with Crippen LogP contribution in [-0.4, -0.2) is 22.6 Å². The third-order valence-electron chi connectivity index (χ3n) is 2.90. The van der Waals surface area contributed by atoms with Crippen LogP contribution in [0.2, 0.25) is 0 Å². The van der Waals surface area contributed by atoms with Crippen molar-refractivity contribution < 1.29 is 9.90 Å². The monoisotopic (exact) mass is 280 g/mol. The standard InChI is InChI=1S/C17H16N2O2/c1-13-5-6-15(12-14(13)4-2-3-11-20)17(21)19-16-7-9-18-10-8-16/h5-10,12,20H,3,11H2,1H3,(H,18,19,21). The molecule has 0 spiro atoms. The molecular formula is C17H16N2O2. The largest absolute Gasteiger partial charge is 0.395 e. The van der Waals surface area contributed by atoms with E-state index in [0.717, 1.165) is 11.1 Å². The maximum absolute atomic E-state index is 12.2. The fourth-order valence-corrected chi connectivity index (χ4v) is 1.75. The highest BCUT2D eigenvalue weighted by Crippen LogP contribution is 2.12. The van der Waals surface area contributed by atoms with Crippen LogP contribution in [0.4, 0.5) is 5.69 Å². The first-order chi connectivity index (χ1) is 10.2. The summed E-state index contributed by atoms with van der Waals surface area (Å²) in [4.78, 5) is 16.1. The van der Waals surface area contributed by atoms with Gasteiger partial charge < -0.3 is 10.4 Å². The lowest BCUT2D eigenvalue weighted by Crippen LogP contribution is -2.12. The van der Waals surface area contributed by atoms with Crippen molar-refractivity contribution in [2.24, 2.45) is 0 Å². The van der Waals surface area contributed by atoms with Gasteiger partial charge in [-0.2, -0.15) is 0 Å². The molecule has 0 aliphatic carbocycles. The minimum absolute atomic E-state index is 0.0360. The highest BCUT2D eigenvalue weighted by Gasteiger charge is 2.07. The van der Waals surface area contributed by atoms with Gasteiger partial charge in [-0.1, -0.05) is 17.9 Å². The number of aryl methyl sites for hydroxylation is 1. The van der Waals surface area contributed by atoms with E-state index >= 15 is 0 Å². The molecule has 1 aromatic heterocycles. The molecule has 4 heteroatoms. The van der Waals surface area contributed by atoms with Gasteiger partial charge in [0.2, 0.25) is 0 Å². The number of aliphatic hydroxyl groups excluding tert-OH is 1. The summed E-state index contributed by atoms with van der Waals surface area (Å²) in [6.45, 7) is 1.97. The molecule has 0 saturated carbocycles. The second kappa shape index (κ2) is 7.22. The molecule has 0 unspecified atom stereocenters. The van der Waals surface area contributed by atoms with E-state index in [9.17, 15) is 4.79 Å². The summed E-state index contributed by atoms with van der Waals surface area (Å²) < 4.78 is 0. The van der Waals surface area contributed by atoms with Crippen molar-refractivity contribution in [2.45, 2.75) is 13.3 Å². The molecule has 0 saturated heterocycles. The number of amides is 1. The predicted octanol–water partition coefficient (Wildman–Crippen LogP) is 2.38. The molecule has 0 fully saturated rings. The summed E-state index contributed by atoms with van der Waals surface area (Å²) in [6.07, 6.45) is 3.67. The van der Waals surface area contributed by atoms with Crippen LogP contribution < -0.4 is 5.32 Å². The van der Waals surface area contributed by atoms with Crippen molar-refractivity contribution in [3.05, 3.63) is 59.4 Å². The Kier molecular flexibility index (Phi) is 5.08. The fraction of sp³-hybridized carbons (Fsp3) is 0.176. The number of rotatable bonds is 3. The molecule has 21 heavy (non-hydrogen) atoms. The van der Waals surface area contributed by atoms with Crippen LogP contribution in [0.1, 0.15) is 27.9 Å². The zero-order chi connectivity index (χ0) is 15.1. The molecule has 0 radical (unpaired) electrons. The molecule has 2 rings (SSSR count). The average Bonchev–Trinajstić information content (AvgIpc) is 2.50. The lowest BCUT2D eigenvalue weighted by atomic mass is 10.0. The van der Waals surface area contributed by atoms with Crippen LogP contribution in [-0.2, 0) is 0 Å². The number of nitrogens with zero attached hydrogens (tertiary/aromatic N) is 1. The maximum atomic E-state index is 12.2. The molecule has 0 aliphatic rings.